The maximum absolute atomic E-state index is 5.67. The molecule has 0 aliphatic carbocycles. The molecule has 1 fully saturated rings. The van der Waals surface area contributed by atoms with Crippen LogP contribution in [0.1, 0.15) is 26.2 Å². The molecule has 0 aromatic rings. The van der Waals surface area contributed by atoms with Crippen molar-refractivity contribution < 1.29 is 4.74 Å². The van der Waals surface area contributed by atoms with E-state index in [0.29, 0.717) is 0 Å². The number of hydrogen-bond donors (Lipinski definition) is 0. The Morgan fingerprint density at radius 2 is 2.31 bits per heavy atom. The molecule has 0 radical (unpaired) electrons. The first-order valence-corrected chi connectivity index (χ1v) is 5.57. The minimum Gasteiger partial charge on any atom is -0.377 e. The zero-order chi connectivity index (χ0) is 9.73. The maximum atomic E-state index is 5.67. The summed E-state index contributed by atoms with van der Waals surface area (Å²) in [6.07, 6.45) is 3.51. The topological polar surface area (TPSA) is 12.5 Å². The first-order valence-electron chi connectivity index (χ1n) is 5.04. The Morgan fingerprint density at radius 1 is 1.54 bits per heavy atom. The van der Waals surface area contributed by atoms with E-state index < -0.39 is 0 Å². The molecule has 2 nitrogen and oxygen atoms in total. The minimum atomic E-state index is 0.0740. The minimum absolute atomic E-state index is 0.0740. The second kappa shape index (κ2) is 5.18. The van der Waals surface area contributed by atoms with Crippen LogP contribution in [-0.2, 0) is 4.74 Å². The molecule has 13 heavy (non-hydrogen) atoms. The zero-order valence-electron chi connectivity index (χ0n) is 8.68. The van der Waals surface area contributed by atoms with Crippen LogP contribution in [0.5, 0.6) is 0 Å². The van der Waals surface area contributed by atoms with Crippen molar-refractivity contribution >= 4 is 11.6 Å². The van der Waals surface area contributed by atoms with Crippen LogP contribution in [0.2, 0.25) is 0 Å². The normalized spacial score (nSPS) is 30.7. The summed E-state index contributed by atoms with van der Waals surface area (Å²) in [5.41, 5.74) is 0.0740. The van der Waals surface area contributed by atoms with Gasteiger partial charge in [0.05, 0.1) is 5.60 Å². The lowest BCUT2D eigenvalue weighted by atomic mass is 9.95. The second-order valence-corrected chi connectivity index (χ2v) is 4.45. The van der Waals surface area contributed by atoms with Gasteiger partial charge in [-0.3, -0.25) is 0 Å². The standard InChI is InChI=1S/C10H20ClNO/c1-10(13-2)5-3-7-12(9-10)8-4-6-11/h3-9H2,1-2H3. The fraction of sp³-hybridized carbons (Fsp3) is 1.00. The highest BCUT2D eigenvalue weighted by atomic mass is 35.5. The highest BCUT2D eigenvalue weighted by Crippen LogP contribution is 2.23. The summed E-state index contributed by atoms with van der Waals surface area (Å²) in [5.74, 6) is 0.764. The van der Waals surface area contributed by atoms with Gasteiger partial charge in [0.2, 0.25) is 0 Å². The van der Waals surface area contributed by atoms with Crippen molar-refractivity contribution in [2.24, 2.45) is 0 Å². The van der Waals surface area contributed by atoms with Crippen LogP contribution in [0, 0.1) is 0 Å². The second-order valence-electron chi connectivity index (χ2n) is 4.08. The summed E-state index contributed by atoms with van der Waals surface area (Å²) in [7, 11) is 1.81. The van der Waals surface area contributed by atoms with Crippen LogP contribution < -0.4 is 0 Å². The van der Waals surface area contributed by atoms with Gasteiger partial charge >= 0.3 is 0 Å². The molecule has 0 aromatic heterocycles. The van der Waals surface area contributed by atoms with Gasteiger partial charge in [-0.1, -0.05) is 0 Å². The predicted molar refractivity (Wildman–Crippen MR) is 56.4 cm³/mol. The number of halogens is 1. The number of piperidine rings is 1. The van der Waals surface area contributed by atoms with Crippen molar-refractivity contribution in [1.82, 2.24) is 4.90 Å². The Kier molecular flexibility index (Phi) is 4.50. The molecule has 1 heterocycles. The van der Waals surface area contributed by atoms with Crippen molar-refractivity contribution in [2.75, 3.05) is 32.6 Å². The first-order chi connectivity index (χ1) is 6.20. The molecule has 0 saturated carbocycles. The number of nitrogens with zero attached hydrogens (tertiary/aromatic N) is 1. The van der Waals surface area contributed by atoms with E-state index in [1.165, 1.54) is 19.4 Å². The summed E-state index contributed by atoms with van der Waals surface area (Å²) in [4.78, 5) is 2.45. The third-order valence-electron chi connectivity index (χ3n) is 2.84. The summed E-state index contributed by atoms with van der Waals surface area (Å²) in [6, 6.07) is 0. The van der Waals surface area contributed by atoms with Crippen LogP contribution >= 0.6 is 11.6 Å². The molecule has 1 aliphatic heterocycles. The van der Waals surface area contributed by atoms with Gasteiger partial charge in [-0.2, -0.15) is 0 Å². The van der Waals surface area contributed by atoms with Gasteiger partial charge < -0.3 is 9.64 Å². The van der Waals surface area contributed by atoms with Crippen LogP contribution in [0.15, 0.2) is 0 Å². The average Bonchev–Trinajstić information content (AvgIpc) is 2.15. The SMILES string of the molecule is COC1(C)CCCN(CCCCl)C1. The molecule has 0 N–H and O–H groups in total. The molecular weight excluding hydrogens is 186 g/mol. The maximum Gasteiger partial charge on any atom is 0.0777 e. The Hall–Kier alpha value is 0.210. The van der Waals surface area contributed by atoms with E-state index in [1.807, 2.05) is 7.11 Å². The Morgan fingerprint density at radius 3 is 2.92 bits per heavy atom. The molecule has 0 spiro atoms. The van der Waals surface area contributed by atoms with Crippen molar-refractivity contribution in [2.45, 2.75) is 31.8 Å². The lowest BCUT2D eigenvalue weighted by molar-refractivity contribution is -0.0504. The van der Waals surface area contributed by atoms with E-state index in [0.717, 1.165) is 25.4 Å². The molecule has 0 bridgehead atoms. The average molecular weight is 206 g/mol. The summed E-state index contributed by atoms with van der Waals surface area (Å²) >= 11 is 5.67. The van der Waals surface area contributed by atoms with Crippen molar-refractivity contribution in [3.8, 4) is 0 Å². The van der Waals surface area contributed by atoms with Crippen LogP contribution in [0.4, 0.5) is 0 Å². The molecule has 1 saturated heterocycles. The number of ether oxygens (including phenoxy) is 1. The van der Waals surface area contributed by atoms with Crippen LogP contribution in [-0.4, -0.2) is 43.1 Å². The Labute approximate surface area is 86.2 Å². The van der Waals surface area contributed by atoms with Gasteiger partial charge in [0.1, 0.15) is 0 Å². The predicted octanol–water partition coefficient (Wildman–Crippen LogP) is 2.12. The van der Waals surface area contributed by atoms with Crippen LogP contribution in [0.3, 0.4) is 0 Å². The largest absolute Gasteiger partial charge is 0.377 e. The molecule has 0 aromatic carbocycles. The Balaban J connectivity index is 2.33. The van der Waals surface area contributed by atoms with E-state index in [4.69, 9.17) is 16.3 Å². The third kappa shape index (κ3) is 3.45. The molecule has 78 valence electrons. The van der Waals surface area contributed by atoms with E-state index in [-0.39, 0.29) is 5.60 Å². The van der Waals surface area contributed by atoms with E-state index in [2.05, 4.69) is 11.8 Å². The molecule has 1 atom stereocenters. The molecule has 0 amide bonds. The van der Waals surface area contributed by atoms with E-state index in [1.54, 1.807) is 0 Å². The fourth-order valence-corrected chi connectivity index (χ4v) is 2.07. The van der Waals surface area contributed by atoms with E-state index in [9.17, 15) is 0 Å². The van der Waals surface area contributed by atoms with Gasteiger partial charge in [-0.15, -0.1) is 11.6 Å². The first kappa shape index (κ1) is 11.3. The summed E-state index contributed by atoms with van der Waals surface area (Å²) in [6.45, 7) is 5.57. The highest BCUT2D eigenvalue weighted by Gasteiger charge is 2.30. The summed E-state index contributed by atoms with van der Waals surface area (Å²) in [5, 5.41) is 0. The highest BCUT2D eigenvalue weighted by molar-refractivity contribution is 6.17. The van der Waals surface area contributed by atoms with Gasteiger partial charge in [-0.25, -0.2) is 0 Å². The molecule has 3 heteroatoms. The monoisotopic (exact) mass is 205 g/mol. The smallest absolute Gasteiger partial charge is 0.0777 e. The number of alkyl halides is 1. The molecule has 1 unspecified atom stereocenters. The molecule has 1 rings (SSSR count). The van der Waals surface area contributed by atoms with Crippen LogP contribution in [0.25, 0.3) is 0 Å². The Bertz CT molecular complexity index is 154. The van der Waals surface area contributed by atoms with E-state index >= 15 is 0 Å². The number of hydrogen-bond acceptors (Lipinski definition) is 2. The number of methoxy groups -OCH3 is 1. The van der Waals surface area contributed by atoms with Gasteiger partial charge in [0, 0.05) is 19.5 Å². The quantitative estimate of drug-likeness (QED) is 0.652. The lowest BCUT2D eigenvalue weighted by Gasteiger charge is -2.39. The third-order valence-corrected chi connectivity index (χ3v) is 3.11. The van der Waals surface area contributed by atoms with Gasteiger partial charge in [0.25, 0.3) is 0 Å². The molecular formula is C10H20ClNO. The zero-order valence-corrected chi connectivity index (χ0v) is 9.44. The van der Waals surface area contributed by atoms with Crippen molar-refractivity contribution in [3.63, 3.8) is 0 Å². The van der Waals surface area contributed by atoms with Gasteiger partial charge in [-0.05, 0) is 39.3 Å². The lowest BCUT2D eigenvalue weighted by Crippen LogP contribution is -2.47. The molecule has 1 aliphatic rings. The van der Waals surface area contributed by atoms with Gasteiger partial charge in [0.15, 0.2) is 0 Å². The van der Waals surface area contributed by atoms with Crippen molar-refractivity contribution in [3.05, 3.63) is 0 Å². The van der Waals surface area contributed by atoms with Crippen molar-refractivity contribution in [1.29, 1.82) is 0 Å². The summed E-state index contributed by atoms with van der Waals surface area (Å²) < 4.78 is 5.51. The number of rotatable bonds is 4. The fourth-order valence-electron chi connectivity index (χ4n) is 1.95. The number of likely N-dealkylation sites (tertiary alicyclic amines) is 1.